The number of aliphatic hydroxyl groups is 1. The topological polar surface area (TPSA) is 152 Å². The van der Waals surface area contributed by atoms with Crippen LogP contribution in [0.1, 0.15) is 56.1 Å². The van der Waals surface area contributed by atoms with E-state index in [4.69, 9.17) is 14.2 Å². The van der Waals surface area contributed by atoms with Gasteiger partial charge < -0.3 is 35.3 Å². The molecule has 1 fully saturated rings. The Morgan fingerprint density at radius 3 is 2.24 bits per heavy atom. The highest BCUT2D eigenvalue weighted by molar-refractivity contribution is 5.86. The summed E-state index contributed by atoms with van der Waals surface area (Å²) in [5, 5.41) is 18.4. The molecule has 0 radical (unpaired) electrons. The van der Waals surface area contributed by atoms with Gasteiger partial charge in [-0.25, -0.2) is 9.59 Å². The lowest BCUT2D eigenvalue weighted by atomic mass is 9.95. The minimum absolute atomic E-state index is 0.0401. The van der Waals surface area contributed by atoms with E-state index in [2.05, 4.69) is 16.0 Å². The van der Waals surface area contributed by atoms with Crippen LogP contribution in [0, 0.1) is 5.92 Å². The minimum Gasteiger partial charge on any atom is -0.462 e. The monoisotopic (exact) mass is 621 g/mol. The van der Waals surface area contributed by atoms with Gasteiger partial charge in [-0.1, -0.05) is 85.7 Å². The van der Waals surface area contributed by atoms with Gasteiger partial charge in [0.2, 0.25) is 11.8 Å². The number of allylic oxidation sites excluding steroid dienone is 1. The zero-order valence-electron chi connectivity index (χ0n) is 25.5. The molecule has 11 nitrogen and oxygen atoms in total. The molecule has 1 aliphatic heterocycles. The number of carbonyl (C=O) groups is 4. The number of hydrogen-bond acceptors (Lipinski definition) is 8. The normalized spacial score (nSPS) is 21.8. The number of rotatable bonds is 11. The molecule has 242 valence electrons. The molecular formula is C34H43N3O8. The Labute approximate surface area is 263 Å². The van der Waals surface area contributed by atoms with Crippen LogP contribution in [0.5, 0.6) is 0 Å². The van der Waals surface area contributed by atoms with Crippen LogP contribution >= 0.6 is 0 Å². The predicted molar refractivity (Wildman–Crippen MR) is 165 cm³/mol. The number of alkyl carbamates (subject to hydrolysis) is 1. The van der Waals surface area contributed by atoms with E-state index in [9.17, 15) is 24.3 Å². The molecule has 1 aliphatic carbocycles. The van der Waals surface area contributed by atoms with Gasteiger partial charge in [0.25, 0.3) is 0 Å². The Morgan fingerprint density at radius 1 is 0.933 bits per heavy atom. The molecule has 3 amide bonds. The van der Waals surface area contributed by atoms with Gasteiger partial charge in [-0.05, 0) is 36.8 Å². The average Bonchev–Trinajstić information content (AvgIpc) is 3.52. The fraction of sp³-hybridized carbons (Fsp3) is 0.471. The molecule has 4 rings (SSSR count). The molecule has 11 heteroatoms. The van der Waals surface area contributed by atoms with Crippen molar-refractivity contribution in [3.05, 3.63) is 83.9 Å². The first-order valence-corrected chi connectivity index (χ1v) is 15.5. The van der Waals surface area contributed by atoms with Crippen LogP contribution in [0.15, 0.2) is 72.8 Å². The molecule has 0 aromatic heterocycles. The van der Waals surface area contributed by atoms with E-state index in [1.165, 1.54) is 0 Å². The van der Waals surface area contributed by atoms with Crippen molar-refractivity contribution in [1.82, 2.24) is 16.0 Å². The van der Waals surface area contributed by atoms with Crippen molar-refractivity contribution < 1.29 is 38.5 Å². The summed E-state index contributed by atoms with van der Waals surface area (Å²) in [7, 11) is 0. The number of nitrogens with one attached hydrogen (secondary N) is 3. The number of esters is 1. The highest BCUT2D eigenvalue weighted by Gasteiger charge is 2.36. The summed E-state index contributed by atoms with van der Waals surface area (Å²) in [4.78, 5) is 52.1. The highest BCUT2D eigenvalue weighted by Crippen LogP contribution is 2.29. The largest absolute Gasteiger partial charge is 0.462 e. The molecule has 1 heterocycles. The van der Waals surface area contributed by atoms with E-state index in [1.807, 2.05) is 60.7 Å². The molecule has 0 bridgehead atoms. The van der Waals surface area contributed by atoms with Crippen molar-refractivity contribution in [2.24, 2.45) is 5.92 Å². The lowest BCUT2D eigenvalue weighted by molar-refractivity contribution is -0.148. The van der Waals surface area contributed by atoms with E-state index in [1.54, 1.807) is 12.2 Å². The predicted octanol–water partition coefficient (Wildman–Crippen LogP) is 3.30. The van der Waals surface area contributed by atoms with Gasteiger partial charge in [0.05, 0.1) is 37.3 Å². The van der Waals surface area contributed by atoms with Crippen LogP contribution in [0.25, 0.3) is 0 Å². The number of cyclic esters (lactones) is 1. The lowest BCUT2D eigenvalue weighted by Gasteiger charge is -2.29. The average molecular weight is 622 g/mol. The van der Waals surface area contributed by atoms with E-state index in [-0.39, 0.29) is 64.1 Å². The molecular weight excluding hydrogens is 578 g/mol. The Kier molecular flexibility index (Phi) is 13.0. The van der Waals surface area contributed by atoms with Gasteiger partial charge in [0.15, 0.2) is 0 Å². The number of benzene rings is 2. The summed E-state index contributed by atoms with van der Waals surface area (Å²) in [5.74, 6) is -2.08. The maximum Gasteiger partial charge on any atom is 0.408 e. The Morgan fingerprint density at radius 2 is 1.58 bits per heavy atom. The van der Waals surface area contributed by atoms with Gasteiger partial charge in [0, 0.05) is 6.42 Å². The van der Waals surface area contributed by atoms with Gasteiger partial charge in [0.1, 0.15) is 19.3 Å². The van der Waals surface area contributed by atoms with Crippen molar-refractivity contribution in [2.75, 3.05) is 19.8 Å². The third-order valence-corrected chi connectivity index (χ3v) is 8.02. The zero-order chi connectivity index (χ0) is 31.9. The molecule has 0 spiro atoms. The second kappa shape index (κ2) is 17.3. The quantitative estimate of drug-likeness (QED) is 0.220. The van der Waals surface area contributed by atoms with Crippen LogP contribution in [-0.2, 0) is 41.8 Å². The second-order valence-electron chi connectivity index (χ2n) is 11.6. The summed E-state index contributed by atoms with van der Waals surface area (Å²) < 4.78 is 16.7. The van der Waals surface area contributed by atoms with Crippen molar-refractivity contribution in [2.45, 2.75) is 75.8 Å². The van der Waals surface area contributed by atoms with Gasteiger partial charge in [-0.15, -0.1) is 0 Å². The third kappa shape index (κ3) is 11.0. The minimum atomic E-state index is -1.03. The number of hydrogen-bond donors (Lipinski definition) is 4. The number of amides is 3. The molecule has 2 aromatic rings. The van der Waals surface area contributed by atoms with Crippen molar-refractivity contribution in [3.63, 3.8) is 0 Å². The van der Waals surface area contributed by atoms with Gasteiger partial charge in [-0.2, -0.15) is 0 Å². The van der Waals surface area contributed by atoms with Gasteiger partial charge >= 0.3 is 12.1 Å². The highest BCUT2D eigenvalue weighted by atomic mass is 16.6. The summed E-state index contributed by atoms with van der Waals surface area (Å²) >= 11 is 0. The first-order chi connectivity index (χ1) is 21.9. The Balaban J connectivity index is 1.43. The SMILES string of the molecule is O=C(CC1CC=CCC(NC(=O)OCc2ccccc2)C(=O)OCC(COCc2ccccc2)NC1=O)NC1(CO)CCCC1. The van der Waals surface area contributed by atoms with E-state index in [0.717, 1.165) is 24.0 Å². The third-order valence-electron chi connectivity index (χ3n) is 8.02. The smallest absolute Gasteiger partial charge is 0.408 e. The number of carbonyl (C=O) groups excluding carboxylic acids is 4. The van der Waals surface area contributed by atoms with Crippen LogP contribution in [0.2, 0.25) is 0 Å². The fourth-order valence-corrected chi connectivity index (χ4v) is 5.47. The summed E-state index contributed by atoms with van der Waals surface area (Å²) in [6, 6.07) is 17.0. The van der Waals surface area contributed by atoms with Crippen LogP contribution in [0.3, 0.4) is 0 Å². The van der Waals surface area contributed by atoms with E-state index >= 15 is 0 Å². The molecule has 3 atom stereocenters. The van der Waals surface area contributed by atoms with E-state index < -0.39 is 35.6 Å². The maximum absolute atomic E-state index is 13.4. The van der Waals surface area contributed by atoms with Crippen molar-refractivity contribution >= 4 is 23.9 Å². The molecule has 0 saturated heterocycles. The second-order valence-corrected chi connectivity index (χ2v) is 11.6. The van der Waals surface area contributed by atoms with Crippen molar-refractivity contribution in [3.8, 4) is 0 Å². The van der Waals surface area contributed by atoms with E-state index in [0.29, 0.717) is 12.8 Å². The van der Waals surface area contributed by atoms with Crippen LogP contribution in [0.4, 0.5) is 4.79 Å². The first kappa shape index (κ1) is 33.7. The number of ether oxygens (including phenoxy) is 3. The van der Waals surface area contributed by atoms with Gasteiger partial charge in [-0.3, -0.25) is 9.59 Å². The zero-order valence-corrected chi connectivity index (χ0v) is 25.5. The Bertz CT molecular complexity index is 1280. The summed E-state index contributed by atoms with van der Waals surface area (Å²) in [6.07, 6.45) is 6.11. The lowest BCUT2D eigenvalue weighted by Crippen LogP contribution is -2.51. The molecule has 2 aromatic carbocycles. The maximum atomic E-state index is 13.4. The molecule has 3 unspecified atom stereocenters. The molecule has 1 saturated carbocycles. The Hall–Kier alpha value is -4.22. The number of aliphatic hydroxyl groups excluding tert-OH is 1. The fourth-order valence-electron chi connectivity index (χ4n) is 5.47. The standard InChI is InChI=1S/C34H43N3O8/c38-24-34(17-9-10-18-34)37-30(39)19-27-15-7-8-16-29(36-33(42)45-21-26-13-5-2-6-14-26)32(41)44-23-28(35-31(27)40)22-43-20-25-11-3-1-4-12-25/h1-8,11-14,27-29,38H,9-10,15-24H2,(H,35,40)(H,36,42)(H,37,39). The first-order valence-electron chi connectivity index (χ1n) is 15.5. The molecule has 45 heavy (non-hydrogen) atoms. The van der Waals surface area contributed by atoms with Crippen molar-refractivity contribution in [1.29, 1.82) is 0 Å². The summed E-state index contributed by atoms with van der Waals surface area (Å²) in [5.41, 5.74) is 1.10. The van der Waals surface area contributed by atoms with Crippen LogP contribution in [-0.4, -0.2) is 66.4 Å². The molecule has 4 N–H and O–H groups in total. The van der Waals surface area contributed by atoms with Crippen LogP contribution < -0.4 is 16.0 Å². The summed E-state index contributed by atoms with van der Waals surface area (Å²) in [6.45, 7) is 0.0269. The molecule has 2 aliphatic rings.